The van der Waals surface area contributed by atoms with E-state index in [2.05, 4.69) is 41.1 Å². The Hall–Kier alpha value is -2.84. The van der Waals surface area contributed by atoms with Crippen LogP contribution in [0.3, 0.4) is 0 Å². The van der Waals surface area contributed by atoms with E-state index in [1.54, 1.807) is 29.5 Å². The zero-order valence-electron chi connectivity index (χ0n) is 18.5. The van der Waals surface area contributed by atoms with Crippen LogP contribution in [-0.2, 0) is 0 Å². The van der Waals surface area contributed by atoms with Crippen molar-refractivity contribution < 1.29 is 14.3 Å². The molecule has 0 unspecified atom stereocenters. The third-order valence-corrected chi connectivity index (χ3v) is 7.04. The molecule has 3 heterocycles. The minimum Gasteiger partial charge on any atom is -0.486 e. The number of nitrogens with one attached hydrogen (secondary N) is 1. The molecule has 32 heavy (non-hydrogen) atoms. The molecule has 0 aliphatic carbocycles. The Balaban J connectivity index is 1.11. The lowest BCUT2D eigenvalue weighted by molar-refractivity contribution is 0.0946. The molecule has 2 aliphatic rings. The molecule has 0 atom stereocenters. The number of piperazine rings is 1. The molecular weight excluding hydrogens is 424 g/mol. The van der Waals surface area contributed by atoms with E-state index in [1.807, 2.05) is 0 Å². The molecule has 1 N–H and O–H groups in total. The van der Waals surface area contributed by atoms with Gasteiger partial charge in [0.15, 0.2) is 16.6 Å². The second-order valence-corrected chi connectivity index (χ2v) is 9.38. The SMILES string of the molecule is Cc1cc(C)c2nc(N3CCN(CCNC(=O)c4ccc5c(c4)OCCO5)CC3)sc2c1. The van der Waals surface area contributed by atoms with Crippen molar-refractivity contribution in [1.29, 1.82) is 0 Å². The van der Waals surface area contributed by atoms with Crippen LogP contribution in [0.25, 0.3) is 10.2 Å². The van der Waals surface area contributed by atoms with Crippen molar-refractivity contribution in [2.75, 3.05) is 57.4 Å². The highest BCUT2D eigenvalue weighted by molar-refractivity contribution is 7.22. The molecule has 7 nitrogen and oxygen atoms in total. The number of hydrogen-bond acceptors (Lipinski definition) is 7. The number of thiazole rings is 1. The summed E-state index contributed by atoms with van der Waals surface area (Å²) in [7, 11) is 0. The number of carbonyl (C=O) groups excluding carboxylic acids is 1. The molecule has 0 bridgehead atoms. The fourth-order valence-corrected chi connectivity index (χ4v) is 5.46. The number of anilines is 1. The van der Waals surface area contributed by atoms with Crippen molar-refractivity contribution in [2.45, 2.75) is 13.8 Å². The van der Waals surface area contributed by atoms with Gasteiger partial charge in [0.25, 0.3) is 5.91 Å². The first-order valence-electron chi connectivity index (χ1n) is 11.1. The number of ether oxygens (including phenoxy) is 2. The van der Waals surface area contributed by atoms with Gasteiger partial charge < -0.3 is 19.7 Å². The van der Waals surface area contributed by atoms with Crippen molar-refractivity contribution in [2.24, 2.45) is 0 Å². The van der Waals surface area contributed by atoms with Crippen molar-refractivity contribution in [3.05, 3.63) is 47.0 Å². The molecule has 2 aliphatic heterocycles. The average molecular weight is 453 g/mol. The maximum absolute atomic E-state index is 12.5. The number of nitrogens with zero attached hydrogens (tertiary/aromatic N) is 3. The monoisotopic (exact) mass is 452 g/mol. The lowest BCUT2D eigenvalue weighted by Crippen LogP contribution is -2.48. The van der Waals surface area contributed by atoms with Crippen molar-refractivity contribution in [3.63, 3.8) is 0 Å². The summed E-state index contributed by atoms with van der Waals surface area (Å²) in [4.78, 5) is 22.2. The molecule has 1 fully saturated rings. The van der Waals surface area contributed by atoms with E-state index in [0.717, 1.165) is 43.4 Å². The van der Waals surface area contributed by atoms with E-state index in [4.69, 9.17) is 14.5 Å². The maximum Gasteiger partial charge on any atom is 0.251 e. The molecule has 0 spiro atoms. The second kappa shape index (κ2) is 8.96. The molecule has 1 amide bonds. The van der Waals surface area contributed by atoms with Gasteiger partial charge in [-0.2, -0.15) is 0 Å². The molecule has 168 valence electrons. The van der Waals surface area contributed by atoms with Crippen LogP contribution >= 0.6 is 11.3 Å². The fraction of sp³-hybridized carbons (Fsp3) is 0.417. The standard InChI is InChI=1S/C24H28N4O3S/c1-16-13-17(2)22-21(14-16)32-24(26-22)28-9-7-27(8-10-28)6-5-25-23(29)18-3-4-19-20(15-18)31-12-11-30-19/h3-4,13-15H,5-12H2,1-2H3,(H,25,29). The number of fused-ring (bicyclic) bond motifs is 2. The summed E-state index contributed by atoms with van der Waals surface area (Å²) >= 11 is 1.78. The normalized spacial score (nSPS) is 16.4. The summed E-state index contributed by atoms with van der Waals surface area (Å²) in [6, 6.07) is 9.76. The highest BCUT2D eigenvalue weighted by atomic mass is 32.1. The molecule has 8 heteroatoms. The Bertz CT molecular complexity index is 1140. The van der Waals surface area contributed by atoms with Crippen LogP contribution in [0.5, 0.6) is 11.5 Å². The highest BCUT2D eigenvalue weighted by Crippen LogP contribution is 2.32. The van der Waals surface area contributed by atoms with Gasteiger partial charge in [0.05, 0.1) is 10.2 Å². The Morgan fingerprint density at radius 2 is 1.84 bits per heavy atom. The van der Waals surface area contributed by atoms with Gasteiger partial charge in [-0.15, -0.1) is 0 Å². The quantitative estimate of drug-likeness (QED) is 0.641. The number of aromatic nitrogens is 1. The number of benzene rings is 2. The second-order valence-electron chi connectivity index (χ2n) is 8.37. The first-order valence-corrected chi connectivity index (χ1v) is 11.9. The Kier molecular flexibility index (Phi) is 5.89. The first-order chi connectivity index (χ1) is 15.6. The predicted molar refractivity (Wildman–Crippen MR) is 128 cm³/mol. The zero-order chi connectivity index (χ0) is 22.1. The van der Waals surface area contributed by atoms with Crippen LogP contribution in [0, 0.1) is 13.8 Å². The van der Waals surface area contributed by atoms with Gasteiger partial charge in [-0.05, 0) is 49.2 Å². The third-order valence-electron chi connectivity index (χ3n) is 5.98. The Morgan fingerprint density at radius 1 is 1.06 bits per heavy atom. The van der Waals surface area contributed by atoms with Gasteiger partial charge in [0.1, 0.15) is 13.2 Å². The van der Waals surface area contributed by atoms with E-state index in [1.165, 1.54) is 15.8 Å². The van der Waals surface area contributed by atoms with E-state index < -0.39 is 0 Å². The van der Waals surface area contributed by atoms with Gasteiger partial charge in [-0.3, -0.25) is 9.69 Å². The smallest absolute Gasteiger partial charge is 0.251 e. The highest BCUT2D eigenvalue weighted by Gasteiger charge is 2.21. The number of aryl methyl sites for hydroxylation is 2. The number of carbonyl (C=O) groups is 1. The van der Waals surface area contributed by atoms with E-state index in [9.17, 15) is 4.79 Å². The largest absolute Gasteiger partial charge is 0.486 e. The first kappa shape index (κ1) is 21.0. The predicted octanol–water partition coefficient (Wildman–Crippen LogP) is 3.24. The maximum atomic E-state index is 12.5. The van der Waals surface area contributed by atoms with E-state index in [0.29, 0.717) is 36.8 Å². The average Bonchev–Trinajstić information content (AvgIpc) is 3.23. The molecule has 2 aromatic carbocycles. The molecule has 0 radical (unpaired) electrons. The Labute approximate surface area is 191 Å². The lowest BCUT2D eigenvalue weighted by Gasteiger charge is -2.34. The minimum atomic E-state index is -0.0826. The van der Waals surface area contributed by atoms with Crippen molar-refractivity contribution in [1.82, 2.24) is 15.2 Å². The molecule has 3 aromatic rings. The fourth-order valence-electron chi connectivity index (χ4n) is 4.27. The van der Waals surface area contributed by atoms with Crippen LogP contribution in [-0.4, -0.2) is 68.3 Å². The Morgan fingerprint density at radius 3 is 2.66 bits per heavy atom. The number of rotatable bonds is 5. The third kappa shape index (κ3) is 4.38. The summed E-state index contributed by atoms with van der Waals surface area (Å²) in [6.45, 7) is 10.6. The number of amides is 1. The molecule has 1 aromatic heterocycles. The lowest BCUT2D eigenvalue weighted by atomic mass is 10.1. The summed E-state index contributed by atoms with van der Waals surface area (Å²) < 4.78 is 12.4. The van der Waals surface area contributed by atoms with Crippen molar-refractivity contribution >= 4 is 32.6 Å². The van der Waals surface area contributed by atoms with Crippen LogP contribution < -0.4 is 19.7 Å². The topological polar surface area (TPSA) is 66.9 Å². The van der Waals surface area contributed by atoms with Gasteiger partial charge >= 0.3 is 0 Å². The van der Waals surface area contributed by atoms with Crippen LogP contribution in [0.15, 0.2) is 30.3 Å². The summed E-state index contributed by atoms with van der Waals surface area (Å²) in [5, 5.41) is 4.14. The van der Waals surface area contributed by atoms with Crippen LogP contribution in [0.2, 0.25) is 0 Å². The van der Waals surface area contributed by atoms with Gasteiger partial charge in [-0.25, -0.2) is 4.98 Å². The van der Waals surface area contributed by atoms with Gasteiger partial charge in [-0.1, -0.05) is 17.4 Å². The van der Waals surface area contributed by atoms with Crippen LogP contribution in [0.1, 0.15) is 21.5 Å². The van der Waals surface area contributed by atoms with Crippen LogP contribution in [0.4, 0.5) is 5.13 Å². The molecular formula is C24H28N4O3S. The summed E-state index contributed by atoms with van der Waals surface area (Å²) in [6.07, 6.45) is 0. The number of hydrogen-bond donors (Lipinski definition) is 1. The molecule has 1 saturated heterocycles. The van der Waals surface area contributed by atoms with E-state index >= 15 is 0 Å². The summed E-state index contributed by atoms with van der Waals surface area (Å²) in [5.74, 6) is 1.25. The zero-order valence-corrected chi connectivity index (χ0v) is 19.3. The minimum absolute atomic E-state index is 0.0826. The van der Waals surface area contributed by atoms with Gasteiger partial charge in [0.2, 0.25) is 0 Å². The molecule has 5 rings (SSSR count). The summed E-state index contributed by atoms with van der Waals surface area (Å²) in [5.41, 5.74) is 4.25. The molecule has 0 saturated carbocycles. The van der Waals surface area contributed by atoms with Crippen molar-refractivity contribution in [3.8, 4) is 11.5 Å². The van der Waals surface area contributed by atoms with Gasteiger partial charge in [0, 0.05) is 44.8 Å². The van der Waals surface area contributed by atoms with E-state index in [-0.39, 0.29) is 5.91 Å².